The molecule has 0 fully saturated rings. The lowest BCUT2D eigenvalue weighted by Crippen LogP contribution is -1.93. The van der Waals surface area contributed by atoms with Crippen LogP contribution >= 0.6 is 22.9 Å². The number of hydrogen-bond donors (Lipinski definition) is 1. The fourth-order valence-electron chi connectivity index (χ4n) is 1.96. The maximum Gasteiger partial charge on any atom is 0.0965 e. The highest BCUT2D eigenvalue weighted by Gasteiger charge is 2.15. The Balaban J connectivity index is 2.48. The average Bonchev–Trinajstić information content (AvgIpc) is 2.65. The summed E-state index contributed by atoms with van der Waals surface area (Å²) in [5.41, 5.74) is 4.65. The zero-order valence-corrected chi connectivity index (χ0v) is 12.4. The van der Waals surface area contributed by atoms with Crippen LogP contribution in [0.25, 0.3) is 5.57 Å². The predicted molar refractivity (Wildman–Crippen MR) is 82.9 cm³/mol. The highest BCUT2D eigenvalue weighted by atomic mass is 35.5. The van der Waals surface area contributed by atoms with E-state index in [0.717, 1.165) is 16.2 Å². The summed E-state index contributed by atoms with van der Waals surface area (Å²) in [6.45, 7) is 8.51. The molecule has 1 nitrogen and oxygen atoms in total. The Kier molecular flexibility index (Phi) is 3.79. The Labute approximate surface area is 117 Å². The Morgan fingerprint density at radius 2 is 1.83 bits per heavy atom. The molecule has 18 heavy (non-hydrogen) atoms. The molecule has 3 heteroatoms. The first-order valence-corrected chi connectivity index (χ1v) is 6.97. The van der Waals surface area contributed by atoms with Crippen molar-refractivity contribution >= 4 is 33.5 Å². The van der Waals surface area contributed by atoms with E-state index in [4.69, 9.17) is 11.6 Å². The zero-order chi connectivity index (χ0) is 13.3. The van der Waals surface area contributed by atoms with Gasteiger partial charge in [0.05, 0.1) is 5.00 Å². The summed E-state index contributed by atoms with van der Waals surface area (Å²) >= 11 is 7.69. The van der Waals surface area contributed by atoms with Crippen LogP contribution in [-0.2, 0) is 0 Å². The fourth-order valence-corrected chi connectivity index (χ4v) is 3.13. The van der Waals surface area contributed by atoms with Crippen LogP contribution in [0.2, 0.25) is 5.02 Å². The molecule has 2 rings (SSSR count). The molecule has 0 amide bonds. The van der Waals surface area contributed by atoms with E-state index in [9.17, 15) is 0 Å². The van der Waals surface area contributed by atoms with Gasteiger partial charge in [0.1, 0.15) is 0 Å². The van der Waals surface area contributed by atoms with Crippen molar-refractivity contribution in [2.24, 2.45) is 0 Å². The van der Waals surface area contributed by atoms with Gasteiger partial charge in [-0.2, -0.15) is 0 Å². The van der Waals surface area contributed by atoms with Crippen LogP contribution in [0.15, 0.2) is 30.8 Å². The van der Waals surface area contributed by atoms with Crippen molar-refractivity contribution in [3.8, 4) is 0 Å². The largest absolute Gasteiger partial charge is 0.379 e. The van der Waals surface area contributed by atoms with Gasteiger partial charge in [0.15, 0.2) is 0 Å². The van der Waals surface area contributed by atoms with Crippen molar-refractivity contribution in [1.29, 1.82) is 0 Å². The van der Waals surface area contributed by atoms with Gasteiger partial charge in [-0.3, -0.25) is 0 Å². The van der Waals surface area contributed by atoms with Crippen LogP contribution in [0, 0.1) is 13.8 Å². The minimum Gasteiger partial charge on any atom is -0.379 e. The Morgan fingerprint density at radius 1 is 1.22 bits per heavy atom. The maximum absolute atomic E-state index is 5.92. The Hall–Kier alpha value is -1.25. The summed E-state index contributed by atoms with van der Waals surface area (Å²) in [7, 11) is 1.95. The first-order valence-electron chi connectivity index (χ1n) is 5.77. The van der Waals surface area contributed by atoms with E-state index in [1.54, 1.807) is 11.3 Å². The van der Waals surface area contributed by atoms with Crippen molar-refractivity contribution in [1.82, 2.24) is 0 Å². The smallest absolute Gasteiger partial charge is 0.0965 e. The quantitative estimate of drug-likeness (QED) is 0.821. The SMILES string of the molecule is C=C(c1ccc(Cl)cc1)c1c(NC)sc(C)c1C. The second-order valence-electron chi connectivity index (χ2n) is 4.22. The second kappa shape index (κ2) is 5.17. The molecule has 1 N–H and O–H groups in total. The van der Waals surface area contributed by atoms with Crippen LogP contribution in [-0.4, -0.2) is 7.05 Å². The highest BCUT2D eigenvalue weighted by molar-refractivity contribution is 7.16. The lowest BCUT2D eigenvalue weighted by molar-refractivity contribution is 1.40. The zero-order valence-electron chi connectivity index (χ0n) is 10.8. The Bertz CT molecular complexity index is 581. The first kappa shape index (κ1) is 13.2. The molecule has 0 aliphatic rings. The Morgan fingerprint density at radius 3 is 2.39 bits per heavy atom. The first-order chi connectivity index (χ1) is 8.54. The van der Waals surface area contributed by atoms with Crippen LogP contribution in [0.1, 0.15) is 21.6 Å². The van der Waals surface area contributed by atoms with Gasteiger partial charge in [-0.15, -0.1) is 11.3 Å². The van der Waals surface area contributed by atoms with Crippen molar-refractivity contribution in [3.63, 3.8) is 0 Å². The summed E-state index contributed by atoms with van der Waals surface area (Å²) in [6.07, 6.45) is 0. The van der Waals surface area contributed by atoms with E-state index in [-0.39, 0.29) is 0 Å². The molecule has 0 aliphatic heterocycles. The molecular weight excluding hydrogens is 262 g/mol. The molecule has 0 saturated carbocycles. The second-order valence-corrected chi connectivity index (χ2v) is 5.88. The number of rotatable bonds is 3. The maximum atomic E-state index is 5.92. The summed E-state index contributed by atoms with van der Waals surface area (Å²) in [5.74, 6) is 0. The topological polar surface area (TPSA) is 12.0 Å². The van der Waals surface area contributed by atoms with Crippen LogP contribution in [0.3, 0.4) is 0 Å². The number of nitrogens with one attached hydrogen (secondary N) is 1. The molecule has 0 atom stereocenters. The molecule has 0 saturated heterocycles. The lowest BCUT2D eigenvalue weighted by atomic mass is 9.97. The standard InChI is InChI=1S/C15H16ClNS/c1-9-11(3)18-15(17-4)14(9)10(2)12-5-7-13(16)8-6-12/h5-8,17H,2H2,1,3-4H3. The van der Waals surface area contributed by atoms with Crippen LogP contribution < -0.4 is 5.32 Å². The predicted octanol–water partition coefficient (Wildman–Crippen LogP) is 5.12. The van der Waals surface area contributed by atoms with Crippen LogP contribution in [0.4, 0.5) is 5.00 Å². The summed E-state index contributed by atoms with van der Waals surface area (Å²) in [4.78, 5) is 1.32. The van der Waals surface area contributed by atoms with Crippen LogP contribution in [0.5, 0.6) is 0 Å². The third-order valence-electron chi connectivity index (χ3n) is 3.11. The van der Waals surface area contributed by atoms with Gasteiger partial charge < -0.3 is 5.32 Å². The van der Waals surface area contributed by atoms with E-state index in [1.165, 1.54) is 21.0 Å². The third-order valence-corrected chi connectivity index (χ3v) is 4.58. The molecule has 1 heterocycles. The third kappa shape index (κ3) is 2.31. The van der Waals surface area contributed by atoms with Gasteiger partial charge in [0.2, 0.25) is 0 Å². The van der Waals surface area contributed by atoms with Gasteiger partial charge in [-0.25, -0.2) is 0 Å². The monoisotopic (exact) mass is 277 g/mol. The lowest BCUT2D eigenvalue weighted by Gasteiger charge is -2.09. The minimum absolute atomic E-state index is 0.749. The molecule has 0 radical (unpaired) electrons. The van der Waals surface area contributed by atoms with Crippen molar-refractivity contribution < 1.29 is 0 Å². The van der Waals surface area contributed by atoms with E-state index in [0.29, 0.717) is 0 Å². The number of aryl methyl sites for hydroxylation is 1. The van der Waals surface area contributed by atoms with Gasteiger partial charge >= 0.3 is 0 Å². The van der Waals surface area contributed by atoms with E-state index in [2.05, 4.69) is 25.7 Å². The summed E-state index contributed by atoms with van der Waals surface area (Å²) in [5, 5.41) is 5.17. The van der Waals surface area contributed by atoms with Crippen molar-refractivity contribution in [3.05, 3.63) is 57.4 Å². The number of benzene rings is 1. The normalized spacial score (nSPS) is 10.4. The molecule has 0 bridgehead atoms. The number of anilines is 1. The van der Waals surface area contributed by atoms with Gasteiger partial charge in [-0.05, 0) is 42.7 Å². The molecular formula is C15H16ClNS. The number of hydrogen-bond acceptors (Lipinski definition) is 2. The molecule has 94 valence electrons. The number of thiophene rings is 1. The van der Waals surface area contributed by atoms with Gasteiger partial charge in [0, 0.05) is 22.5 Å². The minimum atomic E-state index is 0.749. The van der Waals surface area contributed by atoms with E-state index < -0.39 is 0 Å². The molecule has 1 aromatic carbocycles. The average molecular weight is 278 g/mol. The van der Waals surface area contributed by atoms with Gasteiger partial charge in [-0.1, -0.05) is 30.3 Å². The summed E-state index contributed by atoms with van der Waals surface area (Å²) < 4.78 is 0. The molecule has 2 aromatic rings. The fraction of sp³-hybridized carbons (Fsp3) is 0.200. The van der Waals surface area contributed by atoms with E-state index >= 15 is 0 Å². The number of halogens is 1. The van der Waals surface area contributed by atoms with Gasteiger partial charge in [0.25, 0.3) is 0 Å². The molecule has 0 unspecified atom stereocenters. The molecule has 0 aliphatic carbocycles. The van der Waals surface area contributed by atoms with E-state index in [1.807, 2.05) is 31.3 Å². The van der Waals surface area contributed by atoms with Crippen molar-refractivity contribution in [2.75, 3.05) is 12.4 Å². The van der Waals surface area contributed by atoms with Crippen molar-refractivity contribution in [2.45, 2.75) is 13.8 Å². The molecule has 1 aromatic heterocycles. The molecule has 0 spiro atoms. The highest BCUT2D eigenvalue weighted by Crippen LogP contribution is 2.38. The summed E-state index contributed by atoms with van der Waals surface area (Å²) in [6, 6.07) is 7.82.